The lowest BCUT2D eigenvalue weighted by molar-refractivity contribution is 0.251. The van der Waals surface area contributed by atoms with Crippen LogP contribution < -0.4 is 10.6 Å². The molecular weight excluding hydrogens is 368 g/mol. The van der Waals surface area contributed by atoms with E-state index in [1.165, 1.54) is 0 Å². The Morgan fingerprint density at radius 1 is 1.14 bits per heavy atom. The maximum absolute atomic E-state index is 12.3. The van der Waals surface area contributed by atoms with Crippen LogP contribution in [0.3, 0.4) is 0 Å². The molecule has 0 radical (unpaired) electrons. The monoisotopic (exact) mass is 390 g/mol. The van der Waals surface area contributed by atoms with E-state index in [0.717, 1.165) is 39.2 Å². The molecule has 4 heterocycles. The van der Waals surface area contributed by atoms with Gasteiger partial charge in [0, 0.05) is 42.1 Å². The van der Waals surface area contributed by atoms with Gasteiger partial charge in [-0.1, -0.05) is 0 Å². The first-order chi connectivity index (χ1) is 13.9. The highest BCUT2D eigenvalue weighted by molar-refractivity contribution is 5.91. The van der Waals surface area contributed by atoms with Crippen molar-refractivity contribution in [3.63, 3.8) is 0 Å². The number of rotatable bonds is 4. The zero-order chi connectivity index (χ0) is 20.5. The molecule has 0 saturated carbocycles. The zero-order valence-electron chi connectivity index (χ0n) is 16.8. The third-order valence-electron chi connectivity index (χ3n) is 4.91. The number of carbonyl (C=O) groups is 1. The molecule has 4 rings (SSSR count). The lowest BCUT2D eigenvalue weighted by atomic mass is 10.2. The number of nitrogens with zero attached hydrogens (tertiary/aromatic N) is 6. The van der Waals surface area contributed by atoms with Crippen LogP contribution in [0.5, 0.6) is 0 Å². The standard InChI is InChI=1S/C20H22N8O/c1-12-7-16(5-6-21-12)28-18-11-22-19(8-15(18)9-24-28)25-20(29)23-10-17-13(2)26-27(4)14(17)3/h5-9,11H,10H2,1-4H3,(H2,22,23,25,29). The van der Waals surface area contributed by atoms with Gasteiger partial charge in [0.1, 0.15) is 5.82 Å². The predicted molar refractivity (Wildman–Crippen MR) is 110 cm³/mol. The second-order valence-electron chi connectivity index (χ2n) is 6.92. The summed E-state index contributed by atoms with van der Waals surface area (Å²) in [5, 5.41) is 15.3. The number of carbonyl (C=O) groups excluding carboxylic acids is 1. The fourth-order valence-corrected chi connectivity index (χ4v) is 3.27. The number of fused-ring (bicyclic) bond motifs is 1. The van der Waals surface area contributed by atoms with Gasteiger partial charge in [-0.3, -0.25) is 15.0 Å². The summed E-state index contributed by atoms with van der Waals surface area (Å²) in [6.07, 6.45) is 5.19. The van der Waals surface area contributed by atoms with Crippen LogP contribution in [0.1, 0.15) is 22.6 Å². The molecule has 2 N–H and O–H groups in total. The smallest absolute Gasteiger partial charge is 0.320 e. The fraction of sp³-hybridized carbons (Fsp3) is 0.250. The highest BCUT2D eigenvalue weighted by atomic mass is 16.2. The molecule has 0 aromatic carbocycles. The summed E-state index contributed by atoms with van der Waals surface area (Å²) in [6.45, 7) is 6.24. The average Bonchev–Trinajstić information content (AvgIpc) is 3.21. The van der Waals surface area contributed by atoms with Crippen LogP contribution >= 0.6 is 0 Å². The second kappa shape index (κ2) is 7.34. The molecule has 9 nitrogen and oxygen atoms in total. The molecule has 148 valence electrons. The van der Waals surface area contributed by atoms with Crippen molar-refractivity contribution >= 4 is 22.8 Å². The van der Waals surface area contributed by atoms with E-state index in [1.54, 1.807) is 29.3 Å². The summed E-state index contributed by atoms with van der Waals surface area (Å²) < 4.78 is 3.61. The Labute approximate surface area is 167 Å². The summed E-state index contributed by atoms with van der Waals surface area (Å²) in [4.78, 5) is 20.9. The number of hydrogen-bond donors (Lipinski definition) is 2. The van der Waals surface area contributed by atoms with Crippen molar-refractivity contribution in [3.8, 4) is 5.69 Å². The van der Waals surface area contributed by atoms with Gasteiger partial charge in [-0.15, -0.1) is 0 Å². The van der Waals surface area contributed by atoms with Crippen molar-refractivity contribution in [1.29, 1.82) is 0 Å². The predicted octanol–water partition coefficient (Wildman–Crippen LogP) is 2.80. The van der Waals surface area contributed by atoms with Gasteiger partial charge in [-0.25, -0.2) is 14.5 Å². The molecule has 4 aromatic rings. The zero-order valence-corrected chi connectivity index (χ0v) is 16.8. The minimum atomic E-state index is -0.323. The van der Waals surface area contributed by atoms with E-state index in [9.17, 15) is 4.79 Å². The summed E-state index contributed by atoms with van der Waals surface area (Å²) in [5.74, 6) is 0.458. The van der Waals surface area contributed by atoms with Gasteiger partial charge in [0.25, 0.3) is 0 Å². The lowest BCUT2D eigenvalue weighted by Crippen LogP contribution is -2.29. The number of hydrogen-bond acceptors (Lipinski definition) is 5. The summed E-state index contributed by atoms with van der Waals surface area (Å²) in [5.41, 5.74) is 5.62. The first-order valence-corrected chi connectivity index (χ1v) is 9.23. The van der Waals surface area contributed by atoms with Gasteiger partial charge in [0.05, 0.1) is 29.3 Å². The average molecular weight is 390 g/mol. The van der Waals surface area contributed by atoms with Crippen molar-refractivity contribution < 1.29 is 4.79 Å². The van der Waals surface area contributed by atoms with Crippen LogP contribution in [0.4, 0.5) is 10.6 Å². The molecule has 0 aliphatic rings. The molecule has 9 heteroatoms. The van der Waals surface area contributed by atoms with Crippen LogP contribution in [-0.4, -0.2) is 35.6 Å². The first-order valence-electron chi connectivity index (χ1n) is 9.23. The Balaban J connectivity index is 1.48. The highest BCUT2D eigenvalue weighted by Gasteiger charge is 2.12. The van der Waals surface area contributed by atoms with Crippen LogP contribution in [0.2, 0.25) is 0 Å². The van der Waals surface area contributed by atoms with E-state index in [2.05, 4.69) is 30.8 Å². The van der Waals surface area contributed by atoms with E-state index in [-0.39, 0.29) is 6.03 Å². The number of aromatic nitrogens is 6. The van der Waals surface area contributed by atoms with Crippen molar-refractivity contribution in [2.75, 3.05) is 5.32 Å². The molecule has 4 aromatic heterocycles. The van der Waals surface area contributed by atoms with Gasteiger partial charge in [-0.05, 0) is 39.0 Å². The minimum Gasteiger partial charge on any atom is -0.334 e. The van der Waals surface area contributed by atoms with Gasteiger partial charge in [-0.2, -0.15) is 10.2 Å². The van der Waals surface area contributed by atoms with E-state index >= 15 is 0 Å². The first kappa shape index (κ1) is 18.6. The maximum Gasteiger partial charge on any atom is 0.320 e. The lowest BCUT2D eigenvalue weighted by Gasteiger charge is -2.08. The number of pyridine rings is 2. The molecule has 0 aliphatic heterocycles. The minimum absolute atomic E-state index is 0.323. The SMILES string of the molecule is Cc1cc(-n2ncc3cc(NC(=O)NCc4c(C)nn(C)c4C)ncc32)ccn1. The molecule has 0 atom stereocenters. The second-order valence-corrected chi connectivity index (χ2v) is 6.92. The molecule has 0 fully saturated rings. The fourth-order valence-electron chi connectivity index (χ4n) is 3.27. The van der Waals surface area contributed by atoms with E-state index in [0.29, 0.717) is 12.4 Å². The van der Waals surface area contributed by atoms with Crippen molar-refractivity contribution in [2.45, 2.75) is 27.3 Å². The van der Waals surface area contributed by atoms with Gasteiger partial charge >= 0.3 is 6.03 Å². The third kappa shape index (κ3) is 3.66. The van der Waals surface area contributed by atoms with Crippen molar-refractivity contribution in [1.82, 2.24) is 34.8 Å². The van der Waals surface area contributed by atoms with Crippen LogP contribution in [0, 0.1) is 20.8 Å². The van der Waals surface area contributed by atoms with Gasteiger partial charge in [0.15, 0.2) is 0 Å². The van der Waals surface area contributed by atoms with Gasteiger partial charge < -0.3 is 5.32 Å². The number of aryl methyl sites for hydroxylation is 3. The van der Waals surface area contributed by atoms with Crippen LogP contribution in [-0.2, 0) is 13.6 Å². The molecule has 2 amide bonds. The summed E-state index contributed by atoms with van der Waals surface area (Å²) in [7, 11) is 1.89. The Hall–Kier alpha value is -3.75. The third-order valence-corrected chi connectivity index (χ3v) is 4.91. The Bertz CT molecular complexity index is 1210. The maximum atomic E-state index is 12.3. The van der Waals surface area contributed by atoms with Crippen molar-refractivity contribution in [3.05, 3.63) is 59.4 Å². The molecule has 0 saturated heterocycles. The Morgan fingerprint density at radius 2 is 1.97 bits per heavy atom. The normalized spacial score (nSPS) is 11.0. The molecule has 0 unspecified atom stereocenters. The number of amides is 2. The highest BCUT2D eigenvalue weighted by Crippen LogP contribution is 2.20. The summed E-state index contributed by atoms with van der Waals surface area (Å²) in [6, 6.07) is 5.32. The van der Waals surface area contributed by atoms with Gasteiger partial charge in [0.2, 0.25) is 0 Å². The Kier molecular flexibility index (Phi) is 4.71. The quantitative estimate of drug-likeness (QED) is 0.558. The topological polar surface area (TPSA) is 103 Å². The Morgan fingerprint density at radius 3 is 2.69 bits per heavy atom. The molecule has 0 aliphatic carbocycles. The number of urea groups is 1. The van der Waals surface area contributed by atoms with E-state index < -0.39 is 0 Å². The number of nitrogens with one attached hydrogen (secondary N) is 2. The molecule has 0 spiro atoms. The van der Waals surface area contributed by atoms with Crippen LogP contribution in [0.15, 0.2) is 36.8 Å². The summed E-state index contributed by atoms with van der Waals surface area (Å²) >= 11 is 0. The molecular formula is C20H22N8O. The van der Waals surface area contributed by atoms with Crippen LogP contribution in [0.25, 0.3) is 16.6 Å². The molecule has 29 heavy (non-hydrogen) atoms. The molecule has 0 bridgehead atoms. The van der Waals surface area contributed by atoms with E-state index in [1.807, 2.05) is 44.6 Å². The largest absolute Gasteiger partial charge is 0.334 e. The van der Waals surface area contributed by atoms with E-state index in [4.69, 9.17) is 0 Å². The van der Waals surface area contributed by atoms with Crippen molar-refractivity contribution in [2.24, 2.45) is 7.05 Å². The number of anilines is 1.